The molecule has 3 atom stereocenters. The molecule has 0 bridgehead atoms. The number of rotatable bonds is 12. The Morgan fingerprint density at radius 1 is 1.07 bits per heavy atom. The number of carbonyl (C=O) groups excluding carboxylic acids is 3. The maximum absolute atomic E-state index is 13.3. The molecule has 1 aromatic heterocycles. The van der Waals surface area contributed by atoms with Gasteiger partial charge in [0.15, 0.2) is 0 Å². The quantitative estimate of drug-likeness (QED) is 0.255. The van der Waals surface area contributed by atoms with E-state index in [9.17, 15) is 24.3 Å². The minimum Gasteiger partial charge on any atom is -0.480 e. The molecule has 10 heteroatoms. The Morgan fingerprint density at radius 3 is 2.60 bits per heavy atom. The van der Waals surface area contributed by atoms with Gasteiger partial charge in [-0.3, -0.25) is 29.2 Å². The maximum atomic E-state index is 13.3. The molecular formula is C33H39N5O5. The number of carboxylic acids is 1. The highest BCUT2D eigenvalue weighted by atomic mass is 16.4. The minimum absolute atomic E-state index is 0.0482. The van der Waals surface area contributed by atoms with Crippen LogP contribution in [0.15, 0.2) is 66.9 Å². The molecule has 10 nitrogen and oxygen atoms in total. The Bertz CT molecular complexity index is 1480. The Hall–Kier alpha value is -4.57. The van der Waals surface area contributed by atoms with Gasteiger partial charge in [0.1, 0.15) is 18.1 Å². The number of aromatic nitrogens is 1. The number of pyridine rings is 1. The smallest absolute Gasteiger partial charge is 0.322 e. The third-order valence-electron chi connectivity index (χ3n) is 7.50. The van der Waals surface area contributed by atoms with Crippen molar-refractivity contribution in [2.24, 2.45) is 0 Å². The summed E-state index contributed by atoms with van der Waals surface area (Å²) in [7, 11) is 0. The molecule has 0 radical (unpaired) electrons. The lowest BCUT2D eigenvalue weighted by Gasteiger charge is -2.33. The van der Waals surface area contributed by atoms with Crippen molar-refractivity contribution >= 4 is 40.5 Å². The lowest BCUT2D eigenvalue weighted by molar-refractivity contribution is -0.148. The molecule has 1 aliphatic heterocycles. The summed E-state index contributed by atoms with van der Waals surface area (Å²) >= 11 is 0. The highest BCUT2D eigenvalue weighted by Gasteiger charge is 2.31. The Kier molecular flexibility index (Phi) is 11.0. The van der Waals surface area contributed by atoms with Gasteiger partial charge in [-0.05, 0) is 67.7 Å². The zero-order chi connectivity index (χ0) is 30.8. The topological polar surface area (TPSA) is 141 Å². The van der Waals surface area contributed by atoms with Crippen molar-refractivity contribution in [1.82, 2.24) is 26.1 Å². The van der Waals surface area contributed by atoms with E-state index >= 15 is 0 Å². The van der Waals surface area contributed by atoms with Gasteiger partial charge >= 0.3 is 5.97 Å². The summed E-state index contributed by atoms with van der Waals surface area (Å²) in [5.41, 5.74) is 5.70. The molecule has 0 saturated carbocycles. The summed E-state index contributed by atoms with van der Waals surface area (Å²) in [6.45, 7) is 4.00. The van der Waals surface area contributed by atoms with Crippen molar-refractivity contribution in [3.63, 3.8) is 0 Å². The van der Waals surface area contributed by atoms with Gasteiger partial charge < -0.3 is 15.7 Å². The van der Waals surface area contributed by atoms with Crippen molar-refractivity contribution in [2.75, 3.05) is 6.54 Å². The molecule has 0 unspecified atom stereocenters. The van der Waals surface area contributed by atoms with Crippen molar-refractivity contribution in [2.45, 2.75) is 70.5 Å². The van der Waals surface area contributed by atoms with E-state index in [1.807, 2.05) is 48.7 Å². The largest absolute Gasteiger partial charge is 0.480 e. The van der Waals surface area contributed by atoms with E-state index in [-0.39, 0.29) is 12.3 Å². The van der Waals surface area contributed by atoms with Crippen LogP contribution in [0.5, 0.6) is 0 Å². The van der Waals surface area contributed by atoms with Crippen LogP contribution in [-0.2, 0) is 32.0 Å². The number of hydrazine groups is 1. The van der Waals surface area contributed by atoms with Crippen molar-refractivity contribution in [1.29, 1.82) is 0 Å². The van der Waals surface area contributed by atoms with Crippen LogP contribution >= 0.6 is 0 Å². The predicted molar refractivity (Wildman–Crippen MR) is 165 cm³/mol. The summed E-state index contributed by atoms with van der Waals surface area (Å²) in [6, 6.07) is 15.2. The van der Waals surface area contributed by atoms with Crippen LogP contribution in [0.3, 0.4) is 0 Å². The second-order valence-electron chi connectivity index (χ2n) is 10.8. The fourth-order valence-corrected chi connectivity index (χ4v) is 5.02. The van der Waals surface area contributed by atoms with Crippen LogP contribution in [0.4, 0.5) is 0 Å². The number of hydrogen-bond donors (Lipinski definition) is 4. The van der Waals surface area contributed by atoms with E-state index < -0.39 is 35.9 Å². The first-order valence-corrected chi connectivity index (χ1v) is 14.7. The van der Waals surface area contributed by atoms with Crippen molar-refractivity contribution in [3.8, 4) is 0 Å². The normalized spacial score (nSPS) is 16.5. The number of carbonyl (C=O) groups is 4. The predicted octanol–water partition coefficient (Wildman–Crippen LogP) is 3.40. The van der Waals surface area contributed by atoms with Gasteiger partial charge in [0.2, 0.25) is 11.8 Å². The molecule has 0 spiro atoms. The fraction of sp³-hybridized carbons (Fsp3) is 0.364. The zero-order valence-corrected chi connectivity index (χ0v) is 24.6. The van der Waals surface area contributed by atoms with E-state index in [0.29, 0.717) is 32.2 Å². The third-order valence-corrected chi connectivity index (χ3v) is 7.50. The number of amides is 3. The van der Waals surface area contributed by atoms with E-state index in [4.69, 9.17) is 0 Å². The standard InChI is InChI=1S/C33H39N5O5/c1-3-23-14-16-25-21-34-27(20-26(25)19-23)11-7-13-30(39)36-28(17-15-24-9-5-4-6-10-24)31(40)35-22(2)32(41)38-18-8-12-29(37-38)33(42)43/h4-7,9-11,14,16,19-22,28-29,37H,3,8,12-13,15,17-18H2,1-2H3,(H,35,40)(H,36,39)(H,42,43)/b11-7+/t22-,28-,29-/m0/s1. The molecule has 3 amide bonds. The van der Waals surface area contributed by atoms with Crippen LogP contribution in [0, 0.1) is 0 Å². The van der Waals surface area contributed by atoms with Gasteiger partial charge in [-0.2, -0.15) is 0 Å². The second-order valence-corrected chi connectivity index (χ2v) is 10.8. The molecule has 3 aromatic rings. The summed E-state index contributed by atoms with van der Waals surface area (Å²) in [4.78, 5) is 55.0. The first-order chi connectivity index (χ1) is 20.7. The van der Waals surface area contributed by atoms with Crippen LogP contribution < -0.4 is 16.1 Å². The summed E-state index contributed by atoms with van der Waals surface area (Å²) in [5.74, 6) is -2.29. The van der Waals surface area contributed by atoms with Gasteiger partial charge in [0.25, 0.3) is 5.91 Å². The summed E-state index contributed by atoms with van der Waals surface area (Å²) < 4.78 is 0. The molecule has 2 aromatic carbocycles. The van der Waals surface area contributed by atoms with Gasteiger partial charge in [-0.1, -0.05) is 61.5 Å². The van der Waals surface area contributed by atoms with Crippen LogP contribution in [0.2, 0.25) is 0 Å². The first kappa shape index (κ1) is 31.4. The number of aliphatic carboxylic acids is 1. The highest BCUT2D eigenvalue weighted by molar-refractivity contribution is 5.92. The number of benzene rings is 2. The third kappa shape index (κ3) is 8.96. The number of nitrogens with zero attached hydrogens (tertiary/aromatic N) is 2. The molecule has 1 saturated heterocycles. The molecule has 226 valence electrons. The van der Waals surface area contributed by atoms with E-state index in [0.717, 1.165) is 28.5 Å². The second kappa shape index (κ2) is 15.1. The van der Waals surface area contributed by atoms with Gasteiger partial charge in [-0.15, -0.1) is 0 Å². The zero-order valence-electron chi connectivity index (χ0n) is 24.6. The summed E-state index contributed by atoms with van der Waals surface area (Å²) in [5, 5.41) is 18.2. The molecule has 43 heavy (non-hydrogen) atoms. The van der Waals surface area contributed by atoms with Crippen molar-refractivity contribution in [3.05, 3.63) is 83.7 Å². The average molecular weight is 586 g/mol. The minimum atomic E-state index is -1.03. The lowest BCUT2D eigenvalue weighted by atomic mass is 10.0. The van der Waals surface area contributed by atoms with Gasteiger partial charge in [0, 0.05) is 24.5 Å². The number of aryl methyl sites for hydroxylation is 2. The Balaban J connectivity index is 1.38. The van der Waals surface area contributed by atoms with Crippen molar-refractivity contribution < 1.29 is 24.3 Å². The number of hydrogen-bond acceptors (Lipinski definition) is 6. The van der Waals surface area contributed by atoms with Crippen LogP contribution in [-0.4, -0.2) is 63.5 Å². The fourth-order valence-electron chi connectivity index (χ4n) is 5.02. The maximum Gasteiger partial charge on any atom is 0.322 e. The molecule has 1 fully saturated rings. The Labute approximate surface area is 251 Å². The SMILES string of the molecule is CCc1ccc2cnc(/C=C/CC(=O)N[C@@H](CCc3ccccc3)C(=O)N[C@@H](C)C(=O)N3CCC[C@@H](C(=O)O)N3)cc2c1. The van der Waals surface area contributed by atoms with E-state index in [2.05, 4.69) is 40.1 Å². The number of fused-ring (bicyclic) bond motifs is 1. The first-order valence-electron chi connectivity index (χ1n) is 14.7. The van der Waals surface area contributed by atoms with Crippen LogP contribution in [0.1, 0.15) is 56.4 Å². The molecular weight excluding hydrogens is 546 g/mol. The van der Waals surface area contributed by atoms with Gasteiger partial charge in [-0.25, -0.2) is 5.43 Å². The van der Waals surface area contributed by atoms with E-state index in [1.165, 1.54) is 10.6 Å². The Morgan fingerprint density at radius 2 is 1.86 bits per heavy atom. The number of nitrogens with one attached hydrogen (secondary N) is 3. The molecule has 4 N–H and O–H groups in total. The molecule has 4 rings (SSSR count). The van der Waals surface area contributed by atoms with Crippen LogP contribution in [0.25, 0.3) is 16.8 Å². The average Bonchev–Trinajstić information content (AvgIpc) is 3.02. The molecule has 0 aliphatic carbocycles. The monoisotopic (exact) mass is 585 g/mol. The molecule has 1 aliphatic rings. The molecule has 2 heterocycles. The number of carboxylic acid groups (broad SMARTS) is 1. The van der Waals surface area contributed by atoms with Gasteiger partial charge in [0.05, 0.1) is 5.69 Å². The highest BCUT2D eigenvalue weighted by Crippen LogP contribution is 2.17. The van der Waals surface area contributed by atoms with E-state index in [1.54, 1.807) is 19.1 Å². The lowest BCUT2D eigenvalue weighted by Crippen LogP contribution is -2.60. The summed E-state index contributed by atoms with van der Waals surface area (Å²) in [6.07, 6.45) is 8.13.